The molecular weight excluding hydrogens is 390 g/mol. The first-order valence-corrected chi connectivity index (χ1v) is 8.14. The second-order valence-corrected chi connectivity index (χ2v) is 6.65. The van der Waals surface area contributed by atoms with Gasteiger partial charge in [-0.15, -0.1) is 11.3 Å². The average Bonchev–Trinajstić information content (AvgIpc) is 3.00. The highest BCUT2D eigenvalue weighted by Gasteiger charge is 2.39. The molecule has 0 atom stereocenters. The summed E-state index contributed by atoms with van der Waals surface area (Å²) in [5, 5.41) is 2.13. The van der Waals surface area contributed by atoms with Crippen molar-refractivity contribution >= 4 is 74.7 Å². The number of imide groups is 1. The first-order valence-electron chi connectivity index (χ1n) is 5.75. The maximum atomic E-state index is 11.9. The Hall–Kier alpha value is -1.11. The van der Waals surface area contributed by atoms with E-state index in [-0.39, 0.29) is 15.2 Å². The lowest BCUT2D eigenvalue weighted by Crippen LogP contribution is -2.30. The summed E-state index contributed by atoms with van der Waals surface area (Å²) in [6, 6.07) is 4.96. The molecule has 1 aromatic carbocycles. The van der Waals surface area contributed by atoms with Crippen molar-refractivity contribution in [3.8, 4) is 11.3 Å². The van der Waals surface area contributed by atoms with E-state index in [1.807, 2.05) is 0 Å². The normalized spacial score (nSPS) is 15.2. The number of benzene rings is 1. The Morgan fingerprint density at radius 2 is 1.64 bits per heavy atom. The number of hydrogen-bond donors (Lipinski definition) is 0. The molecule has 0 fully saturated rings. The Bertz CT molecular complexity index is 822. The van der Waals surface area contributed by atoms with Crippen LogP contribution in [0.1, 0.15) is 0 Å². The summed E-state index contributed by atoms with van der Waals surface area (Å²) in [7, 11) is 0. The molecule has 0 saturated carbocycles. The van der Waals surface area contributed by atoms with Gasteiger partial charge in [-0.05, 0) is 18.2 Å². The van der Waals surface area contributed by atoms with Gasteiger partial charge in [0.1, 0.15) is 10.1 Å². The van der Waals surface area contributed by atoms with Crippen LogP contribution in [0, 0.1) is 0 Å². The van der Waals surface area contributed by atoms with Gasteiger partial charge in [-0.1, -0.05) is 46.4 Å². The van der Waals surface area contributed by atoms with Crippen LogP contribution in [-0.4, -0.2) is 16.8 Å². The van der Waals surface area contributed by atoms with Crippen LogP contribution in [0.15, 0.2) is 33.6 Å². The fraction of sp³-hybridized carbons (Fsp3) is 0. The van der Waals surface area contributed by atoms with E-state index in [0.717, 1.165) is 16.2 Å². The molecule has 3 rings (SSSR count). The van der Waals surface area contributed by atoms with Crippen molar-refractivity contribution in [1.29, 1.82) is 0 Å². The number of amides is 2. The Morgan fingerprint density at radius 3 is 2.23 bits per heavy atom. The van der Waals surface area contributed by atoms with Crippen LogP contribution in [-0.2, 0) is 9.59 Å². The van der Waals surface area contributed by atoms with E-state index in [2.05, 4.69) is 4.98 Å². The van der Waals surface area contributed by atoms with Crippen LogP contribution in [0.4, 0.5) is 5.13 Å². The maximum absolute atomic E-state index is 11.9. The molecule has 2 aromatic rings. The van der Waals surface area contributed by atoms with Crippen LogP contribution in [0.2, 0.25) is 10.0 Å². The zero-order valence-corrected chi connectivity index (χ0v) is 14.3. The zero-order valence-electron chi connectivity index (χ0n) is 10.4. The first-order chi connectivity index (χ1) is 10.4. The van der Waals surface area contributed by atoms with Gasteiger partial charge < -0.3 is 0 Å². The van der Waals surface area contributed by atoms with E-state index in [1.165, 1.54) is 0 Å². The van der Waals surface area contributed by atoms with Gasteiger partial charge >= 0.3 is 0 Å². The van der Waals surface area contributed by atoms with Crippen molar-refractivity contribution in [3.05, 3.63) is 43.7 Å². The van der Waals surface area contributed by atoms with Gasteiger partial charge in [0.25, 0.3) is 11.8 Å². The molecule has 22 heavy (non-hydrogen) atoms. The predicted molar refractivity (Wildman–Crippen MR) is 88.8 cm³/mol. The third-order valence-electron chi connectivity index (χ3n) is 2.86. The largest absolute Gasteiger partial charge is 0.280 e. The predicted octanol–water partition coefficient (Wildman–Crippen LogP) is 4.68. The lowest BCUT2D eigenvalue weighted by atomic mass is 10.2. The molecule has 1 aliphatic rings. The zero-order chi connectivity index (χ0) is 16.0. The summed E-state index contributed by atoms with van der Waals surface area (Å²) in [5.74, 6) is -1.39. The Morgan fingerprint density at radius 1 is 1.00 bits per heavy atom. The summed E-state index contributed by atoms with van der Waals surface area (Å²) >= 11 is 24.5. The fourth-order valence-corrected chi connectivity index (χ4v) is 3.49. The minimum Gasteiger partial charge on any atom is -0.267 e. The number of thiazole rings is 1. The molecular formula is C13H4Cl4N2O2S. The van der Waals surface area contributed by atoms with Crippen molar-refractivity contribution in [2.24, 2.45) is 0 Å². The number of aromatic nitrogens is 1. The van der Waals surface area contributed by atoms with Gasteiger partial charge in [-0.2, -0.15) is 0 Å². The summed E-state index contributed by atoms with van der Waals surface area (Å²) in [5.41, 5.74) is 1.15. The summed E-state index contributed by atoms with van der Waals surface area (Å²) in [4.78, 5) is 29.0. The number of nitrogens with zero attached hydrogens (tertiary/aromatic N) is 2. The van der Waals surface area contributed by atoms with Crippen LogP contribution in [0.3, 0.4) is 0 Å². The van der Waals surface area contributed by atoms with Gasteiger partial charge in [-0.3, -0.25) is 9.59 Å². The number of anilines is 1. The molecule has 0 unspecified atom stereocenters. The average molecular weight is 394 g/mol. The Labute approximate surface area is 148 Å². The van der Waals surface area contributed by atoms with Gasteiger partial charge in [0.15, 0.2) is 5.13 Å². The van der Waals surface area contributed by atoms with E-state index < -0.39 is 11.8 Å². The van der Waals surface area contributed by atoms with E-state index in [0.29, 0.717) is 21.3 Å². The van der Waals surface area contributed by atoms with E-state index >= 15 is 0 Å². The van der Waals surface area contributed by atoms with E-state index in [1.54, 1.807) is 23.6 Å². The van der Waals surface area contributed by atoms with Crippen molar-refractivity contribution in [1.82, 2.24) is 4.98 Å². The number of halogens is 4. The molecule has 0 saturated heterocycles. The van der Waals surface area contributed by atoms with Crippen molar-refractivity contribution < 1.29 is 9.59 Å². The van der Waals surface area contributed by atoms with Crippen molar-refractivity contribution in [2.45, 2.75) is 0 Å². The van der Waals surface area contributed by atoms with Crippen molar-refractivity contribution in [3.63, 3.8) is 0 Å². The van der Waals surface area contributed by atoms with E-state index in [4.69, 9.17) is 46.4 Å². The van der Waals surface area contributed by atoms with Gasteiger partial charge in [0.05, 0.1) is 10.7 Å². The van der Waals surface area contributed by atoms with Crippen LogP contribution < -0.4 is 4.90 Å². The van der Waals surface area contributed by atoms with Crippen molar-refractivity contribution in [2.75, 3.05) is 4.90 Å². The highest BCUT2D eigenvalue weighted by molar-refractivity contribution is 7.14. The second-order valence-electron chi connectivity index (χ2n) is 4.21. The SMILES string of the molecule is O=C1C(Cl)=C(Cl)C(=O)N1c1nc(-c2ccc(Cl)cc2Cl)cs1. The van der Waals surface area contributed by atoms with Gasteiger partial charge in [-0.25, -0.2) is 9.88 Å². The van der Waals surface area contributed by atoms with E-state index in [9.17, 15) is 9.59 Å². The molecule has 2 amide bonds. The molecule has 0 bridgehead atoms. The molecule has 0 spiro atoms. The molecule has 1 aromatic heterocycles. The third kappa shape index (κ3) is 2.53. The highest BCUT2D eigenvalue weighted by atomic mass is 35.5. The lowest BCUT2D eigenvalue weighted by Gasteiger charge is -2.09. The molecule has 0 radical (unpaired) electrons. The Balaban J connectivity index is 1.99. The lowest BCUT2D eigenvalue weighted by molar-refractivity contribution is -0.120. The smallest absolute Gasteiger partial charge is 0.267 e. The minimum atomic E-state index is -0.695. The fourth-order valence-electron chi connectivity index (χ4n) is 1.84. The molecule has 2 heterocycles. The van der Waals surface area contributed by atoms with Crippen LogP contribution in [0.5, 0.6) is 0 Å². The highest BCUT2D eigenvalue weighted by Crippen LogP contribution is 2.37. The molecule has 1 aliphatic heterocycles. The van der Waals surface area contributed by atoms with Crippen LogP contribution in [0.25, 0.3) is 11.3 Å². The molecule has 4 nitrogen and oxygen atoms in total. The summed E-state index contributed by atoms with van der Waals surface area (Å²) in [6.07, 6.45) is 0. The minimum absolute atomic E-state index is 0.171. The first kappa shape index (κ1) is 15.8. The Kier molecular flexibility index (Phi) is 4.18. The van der Waals surface area contributed by atoms with Gasteiger partial charge in [0, 0.05) is 16.0 Å². The quantitative estimate of drug-likeness (QED) is 0.696. The maximum Gasteiger partial charge on any atom is 0.280 e. The number of rotatable bonds is 2. The second kappa shape index (κ2) is 5.83. The topological polar surface area (TPSA) is 50.3 Å². The third-order valence-corrected chi connectivity index (χ3v) is 5.04. The summed E-state index contributed by atoms with van der Waals surface area (Å²) < 4.78 is 0. The molecule has 0 N–H and O–H groups in total. The molecule has 112 valence electrons. The number of carbonyl (C=O) groups excluding carboxylic acids is 2. The van der Waals surface area contributed by atoms with Gasteiger partial charge in [0.2, 0.25) is 0 Å². The standard InChI is InChI=1S/C13H4Cl4N2O2S/c14-5-1-2-6(7(15)3-5)8-4-22-13(18-8)19-11(20)9(16)10(17)12(19)21/h1-4H. The number of hydrogen-bond acceptors (Lipinski definition) is 4. The number of carbonyl (C=O) groups is 2. The monoisotopic (exact) mass is 392 g/mol. The van der Waals surface area contributed by atoms with Crippen LogP contribution >= 0.6 is 57.7 Å². The summed E-state index contributed by atoms with van der Waals surface area (Å²) in [6.45, 7) is 0. The molecule has 9 heteroatoms. The molecule has 0 aliphatic carbocycles.